The number of hydrogen-bond acceptors (Lipinski definition) is 3. The van der Waals surface area contributed by atoms with Gasteiger partial charge in [0.15, 0.2) is 0 Å². The summed E-state index contributed by atoms with van der Waals surface area (Å²) in [7, 11) is 1.98. The maximum absolute atomic E-state index is 4.69. The van der Waals surface area contributed by atoms with Crippen LogP contribution in [0.15, 0.2) is 12.1 Å². The van der Waals surface area contributed by atoms with Crippen molar-refractivity contribution in [3.63, 3.8) is 0 Å². The standard InChI is InChI=1S/C17H31N3/c1-7-15-8-14(10-18-6)9-17(20-15)19-11-16(12(2)3)13(4)5/h8-9,12-13,16,18H,7,10-11H2,1-6H3,(H,19,20). The van der Waals surface area contributed by atoms with Crippen LogP contribution in [0, 0.1) is 17.8 Å². The molecule has 3 heteroatoms. The number of rotatable bonds is 8. The Bertz CT molecular complexity index is 391. The zero-order chi connectivity index (χ0) is 15.1. The molecule has 0 aliphatic heterocycles. The van der Waals surface area contributed by atoms with Crippen molar-refractivity contribution in [2.45, 2.75) is 47.6 Å². The van der Waals surface area contributed by atoms with E-state index in [1.165, 1.54) is 5.56 Å². The third-order valence-corrected chi connectivity index (χ3v) is 3.91. The van der Waals surface area contributed by atoms with Crippen molar-refractivity contribution >= 4 is 5.82 Å². The Hall–Kier alpha value is -1.09. The molecule has 0 atom stereocenters. The molecule has 0 aromatic carbocycles. The molecule has 0 aliphatic carbocycles. The van der Waals surface area contributed by atoms with Gasteiger partial charge in [0.25, 0.3) is 0 Å². The van der Waals surface area contributed by atoms with Crippen molar-refractivity contribution in [3.05, 3.63) is 23.4 Å². The highest BCUT2D eigenvalue weighted by molar-refractivity contribution is 5.40. The molecule has 1 heterocycles. The molecule has 0 saturated heterocycles. The Morgan fingerprint density at radius 2 is 1.75 bits per heavy atom. The van der Waals surface area contributed by atoms with Crippen LogP contribution in [0.25, 0.3) is 0 Å². The molecule has 2 N–H and O–H groups in total. The van der Waals surface area contributed by atoms with Crippen molar-refractivity contribution < 1.29 is 0 Å². The van der Waals surface area contributed by atoms with Gasteiger partial charge in [-0.15, -0.1) is 0 Å². The average molecular weight is 277 g/mol. The molecule has 0 saturated carbocycles. The molecular weight excluding hydrogens is 246 g/mol. The summed E-state index contributed by atoms with van der Waals surface area (Å²) in [6.45, 7) is 13.2. The van der Waals surface area contributed by atoms with Gasteiger partial charge in [-0.1, -0.05) is 34.6 Å². The van der Waals surface area contributed by atoms with Crippen LogP contribution in [0.4, 0.5) is 5.82 Å². The van der Waals surface area contributed by atoms with E-state index >= 15 is 0 Å². The molecule has 0 amide bonds. The van der Waals surface area contributed by atoms with E-state index in [1.54, 1.807) is 0 Å². The predicted octanol–water partition coefficient (Wildman–Crippen LogP) is 3.70. The summed E-state index contributed by atoms with van der Waals surface area (Å²) in [5.74, 6) is 3.07. The van der Waals surface area contributed by atoms with Crippen LogP contribution in [0.5, 0.6) is 0 Å². The molecule has 114 valence electrons. The molecule has 0 aliphatic rings. The highest BCUT2D eigenvalue weighted by Gasteiger charge is 2.17. The first kappa shape index (κ1) is 17.0. The molecule has 0 unspecified atom stereocenters. The van der Waals surface area contributed by atoms with Crippen molar-refractivity contribution in [2.75, 3.05) is 18.9 Å². The Balaban J connectivity index is 2.77. The number of pyridine rings is 1. The van der Waals surface area contributed by atoms with Crippen molar-refractivity contribution in [1.29, 1.82) is 0 Å². The van der Waals surface area contributed by atoms with Crippen molar-refractivity contribution in [3.8, 4) is 0 Å². The summed E-state index contributed by atoms with van der Waals surface area (Å²) in [4.78, 5) is 4.69. The monoisotopic (exact) mass is 277 g/mol. The lowest BCUT2D eigenvalue weighted by Gasteiger charge is -2.25. The van der Waals surface area contributed by atoms with E-state index in [0.29, 0.717) is 17.8 Å². The molecular formula is C17H31N3. The largest absolute Gasteiger partial charge is 0.370 e. The third kappa shape index (κ3) is 5.12. The number of nitrogens with zero attached hydrogens (tertiary/aromatic N) is 1. The van der Waals surface area contributed by atoms with Gasteiger partial charge >= 0.3 is 0 Å². The Morgan fingerprint density at radius 3 is 2.25 bits per heavy atom. The molecule has 1 aromatic heterocycles. The van der Waals surface area contributed by atoms with E-state index in [9.17, 15) is 0 Å². The van der Waals surface area contributed by atoms with Gasteiger partial charge in [0, 0.05) is 18.8 Å². The maximum Gasteiger partial charge on any atom is 0.126 e. The van der Waals surface area contributed by atoms with Gasteiger partial charge in [0.2, 0.25) is 0 Å². The van der Waals surface area contributed by atoms with Gasteiger partial charge in [-0.2, -0.15) is 0 Å². The smallest absolute Gasteiger partial charge is 0.126 e. The molecule has 0 fully saturated rings. The zero-order valence-corrected chi connectivity index (χ0v) is 14.0. The van der Waals surface area contributed by atoms with Crippen LogP contribution in [-0.2, 0) is 13.0 Å². The van der Waals surface area contributed by atoms with E-state index in [0.717, 1.165) is 31.0 Å². The zero-order valence-electron chi connectivity index (χ0n) is 14.0. The van der Waals surface area contributed by atoms with E-state index in [-0.39, 0.29) is 0 Å². The number of aromatic nitrogens is 1. The van der Waals surface area contributed by atoms with Crippen molar-refractivity contribution in [1.82, 2.24) is 10.3 Å². The molecule has 1 aromatic rings. The second-order valence-corrected chi connectivity index (χ2v) is 6.27. The lowest BCUT2D eigenvalue weighted by atomic mass is 9.85. The Labute approximate surface area is 124 Å². The summed E-state index contributed by atoms with van der Waals surface area (Å²) < 4.78 is 0. The lowest BCUT2D eigenvalue weighted by Crippen LogP contribution is -2.25. The van der Waals surface area contributed by atoms with E-state index in [4.69, 9.17) is 0 Å². The van der Waals surface area contributed by atoms with Crippen LogP contribution >= 0.6 is 0 Å². The van der Waals surface area contributed by atoms with Gasteiger partial charge < -0.3 is 10.6 Å². The van der Waals surface area contributed by atoms with Crippen LogP contribution in [-0.4, -0.2) is 18.6 Å². The van der Waals surface area contributed by atoms with Gasteiger partial charge in [0.1, 0.15) is 5.82 Å². The third-order valence-electron chi connectivity index (χ3n) is 3.91. The summed E-state index contributed by atoms with van der Waals surface area (Å²) >= 11 is 0. The van der Waals surface area contributed by atoms with Crippen LogP contribution in [0.1, 0.15) is 45.9 Å². The van der Waals surface area contributed by atoms with E-state index < -0.39 is 0 Å². The predicted molar refractivity (Wildman–Crippen MR) is 88.0 cm³/mol. The molecule has 0 bridgehead atoms. The van der Waals surface area contributed by atoms with Gasteiger partial charge in [-0.25, -0.2) is 4.98 Å². The fourth-order valence-corrected chi connectivity index (χ4v) is 2.69. The second-order valence-electron chi connectivity index (χ2n) is 6.27. The van der Waals surface area contributed by atoms with Crippen LogP contribution < -0.4 is 10.6 Å². The number of nitrogens with one attached hydrogen (secondary N) is 2. The first-order valence-corrected chi connectivity index (χ1v) is 7.86. The minimum atomic E-state index is 0.676. The van der Waals surface area contributed by atoms with Gasteiger partial charge in [-0.3, -0.25) is 0 Å². The molecule has 0 radical (unpaired) electrons. The summed E-state index contributed by atoms with van der Waals surface area (Å²) in [5, 5.41) is 6.75. The highest BCUT2D eigenvalue weighted by Crippen LogP contribution is 2.21. The van der Waals surface area contributed by atoms with Gasteiger partial charge in [-0.05, 0) is 48.9 Å². The number of anilines is 1. The SMILES string of the molecule is CCc1cc(CNC)cc(NCC(C(C)C)C(C)C)n1. The second kappa shape index (κ2) is 8.25. The fourth-order valence-electron chi connectivity index (χ4n) is 2.69. The van der Waals surface area contributed by atoms with Crippen LogP contribution in [0.2, 0.25) is 0 Å². The number of aryl methyl sites for hydroxylation is 1. The van der Waals surface area contributed by atoms with Crippen molar-refractivity contribution in [2.24, 2.45) is 17.8 Å². The summed E-state index contributed by atoms with van der Waals surface area (Å²) in [6, 6.07) is 4.34. The molecule has 20 heavy (non-hydrogen) atoms. The van der Waals surface area contributed by atoms with E-state index in [2.05, 4.69) is 62.4 Å². The summed E-state index contributed by atoms with van der Waals surface area (Å²) in [6.07, 6.45) is 0.976. The maximum atomic E-state index is 4.69. The lowest BCUT2D eigenvalue weighted by molar-refractivity contribution is 0.304. The van der Waals surface area contributed by atoms with Gasteiger partial charge in [0.05, 0.1) is 0 Å². The Kier molecular flexibility index (Phi) is 7.00. The topological polar surface area (TPSA) is 37.0 Å². The number of hydrogen-bond donors (Lipinski definition) is 2. The Morgan fingerprint density at radius 1 is 1.10 bits per heavy atom. The molecule has 0 spiro atoms. The fraction of sp³-hybridized carbons (Fsp3) is 0.706. The first-order chi connectivity index (χ1) is 9.47. The van der Waals surface area contributed by atoms with Crippen LogP contribution in [0.3, 0.4) is 0 Å². The molecule has 3 nitrogen and oxygen atoms in total. The highest BCUT2D eigenvalue weighted by atomic mass is 15.0. The quantitative estimate of drug-likeness (QED) is 0.760. The van der Waals surface area contributed by atoms with E-state index in [1.807, 2.05) is 7.05 Å². The average Bonchev–Trinajstić information content (AvgIpc) is 2.38. The normalized spacial score (nSPS) is 11.7. The minimum Gasteiger partial charge on any atom is -0.370 e. The summed E-state index contributed by atoms with van der Waals surface area (Å²) in [5.41, 5.74) is 2.46. The first-order valence-electron chi connectivity index (χ1n) is 7.86. The minimum absolute atomic E-state index is 0.676. The molecule has 1 rings (SSSR count).